The lowest BCUT2D eigenvalue weighted by molar-refractivity contribution is 0.849. The Bertz CT molecular complexity index is 727. The van der Waals surface area contributed by atoms with Gasteiger partial charge in [-0.2, -0.15) is 5.10 Å². The number of hydrogen-bond donors (Lipinski definition) is 1. The Hall–Kier alpha value is -2.14. The maximum Gasteiger partial charge on any atom is 0.153 e. The highest BCUT2D eigenvalue weighted by atomic mass is 32.1. The molecule has 0 saturated heterocycles. The van der Waals surface area contributed by atoms with E-state index in [0.717, 1.165) is 22.0 Å². The maximum atomic E-state index is 6.07. The number of rotatable bonds is 2. The first-order valence-electron chi connectivity index (χ1n) is 5.98. The lowest BCUT2D eigenvalue weighted by Gasteiger charge is -2.00. The van der Waals surface area contributed by atoms with E-state index < -0.39 is 0 Å². The quantitative estimate of drug-likeness (QED) is 0.778. The Labute approximate surface area is 115 Å². The molecule has 0 aromatic carbocycles. The molecule has 4 nitrogen and oxygen atoms in total. The Morgan fingerprint density at radius 2 is 2.11 bits per heavy atom. The van der Waals surface area contributed by atoms with E-state index in [1.807, 2.05) is 30.6 Å². The van der Waals surface area contributed by atoms with Crippen molar-refractivity contribution in [2.24, 2.45) is 0 Å². The second-order valence-corrected chi connectivity index (χ2v) is 5.42. The minimum absolute atomic E-state index is 0.675. The van der Waals surface area contributed by atoms with Gasteiger partial charge >= 0.3 is 0 Å². The lowest BCUT2D eigenvalue weighted by atomic mass is 10.2. The predicted molar refractivity (Wildman–Crippen MR) is 78.6 cm³/mol. The van der Waals surface area contributed by atoms with Gasteiger partial charge in [-0.15, -0.1) is 11.3 Å². The Balaban J connectivity index is 2.10. The van der Waals surface area contributed by atoms with Crippen LogP contribution in [0.1, 0.15) is 11.1 Å². The molecule has 0 aliphatic heterocycles. The van der Waals surface area contributed by atoms with Crippen LogP contribution in [0.4, 0.5) is 5.69 Å². The van der Waals surface area contributed by atoms with E-state index in [9.17, 15) is 0 Å². The van der Waals surface area contributed by atoms with Crippen molar-refractivity contribution in [1.82, 2.24) is 14.8 Å². The first-order chi connectivity index (χ1) is 9.15. The Morgan fingerprint density at radius 3 is 2.79 bits per heavy atom. The van der Waals surface area contributed by atoms with Gasteiger partial charge in [-0.05, 0) is 48.6 Å². The van der Waals surface area contributed by atoms with Crippen molar-refractivity contribution in [1.29, 1.82) is 0 Å². The van der Waals surface area contributed by atoms with Crippen molar-refractivity contribution < 1.29 is 0 Å². The van der Waals surface area contributed by atoms with E-state index in [1.54, 1.807) is 22.2 Å². The van der Waals surface area contributed by atoms with Gasteiger partial charge in [0.25, 0.3) is 0 Å². The Morgan fingerprint density at radius 1 is 1.26 bits per heavy atom. The molecule has 2 N–H and O–H groups in total. The first-order valence-corrected chi connectivity index (χ1v) is 6.86. The summed E-state index contributed by atoms with van der Waals surface area (Å²) in [6, 6.07) is 6.02. The normalized spacial score (nSPS) is 10.8. The average Bonchev–Trinajstić information content (AvgIpc) is 2.95. The second kappa shape index (κ2) is 4.51. The van der Waals surface area contributed by atoms with Gasteiger partial charge in [0.1, 0.15) is 5.69 Å². The monoisotopic (exact) mass is 270 g/mol. The molecule has 0 amide bonds. The summed E-state index contributed by atoms with van der Waals surface area (Å²) in [6.45, 7) is 4.09. The van der Waals surface area contributed by atoms with Crippen molar-refractivity contribution in [2.75, 3.05) is 5.73 Å². The van der Waals surface area contributed by atoms with Crippen LogP contribution >= 0.6 is 11.3 Å². The summed E-state index contributed by atoms with van der Waals surface area (Å²) in [4.78, 5) is 5.43. The van der Waals surface area contributed by atoms with Crippen molar-refractivity contribution in [2.45, 2.75) is 13.8 Å². The summed E-state index contributed by atoms with van der Waals surface area (Å²) in [5.74, 6) is 0.784. The van der Waals surface area contributed by atoms with Gasteiger partial charge in [0.15, 0.2) is 5.82 Å². The molecule has 0 aliphatic carbocycles. The summed E-state index contributed by atoms with van der Waals surface area (Å²) in [6.07, 6.45) is 3.59. The van der Waals surface area contributed by atoms with Crippen LogP contribution in [0.2, 0.25) is 0 Å². The number of anilines is 1. The molecule has 5 heteroatoms. The molecular weight excluding hydrogens is 256 g/mol. The fourth-order valence-electron chi connectivity index (χ4n) is 1.94. The van der Waals surface area contributed by atoms with Crippen molar-refractivity contribution in [3.05, 3.63) is 47.1 Å². The molecule has 0 radical (unpaired) electrons. The third-order valence-electron chi connectivity index (χ3n) is 2.96. The minimum atomic E-state index is 0.675. The molecule has 96 valence electrons. The molecule has 0 fully saturated rings. The van der Waals surface area contributed by atoms with Crippen LogP contribution in [0.3, 0.4) is 0 Å². The number of nitrogens with two attached hydrogens (primary N) is 1. The van der Waals surface area contributed by atoms with E-state index in [4.69, 9.17) is 5.73 Å². The largest absolute Gasteiger partial charge is 0.396 e. The number of pyridine rings is 1. The molecule has 0 atom stereocenters. The van der Waals surface area contributed by atoms with E-state index in [-0.39, 0.29) is 0 Å². The standard InChI is InChI=1S/C14H14N4S/c1-9-3-5-16-12(7-9)18-8-11(15)13(17-18)14-10(2)4-6-19-14/h3-8H,15H2,1-2H3. The second-order valence-electron chi connectivity index (χ2n) is 4.50. The van der Waals surface area contributed by atoms with Gasteiger partial charge in [-0.1, -0.05) is 0 Å². The number of nitrogens with zero attached hydrogens (tertiary/aromatic N) is 3. The number of nitrogen functional groups attached to an aromatic ring is 1. The smallest absolute Gasteiger partial charge is 0.153 e. The topological polar surface area (TPSA) is 56.7 Å². The van der Waals surface area contributed by atoms with Crippen LogP contribution < -0.4 is 5.73 Å². The highest BCUT2D eigenvalue weighted by Gasteiger charge is 2.13. The summed E-state index contributed by atoms with van der Waals surface area (Å²) in [5, 5.41) is 6.61. The average molecular weight is 270 g/mol. The first kappa shape index (κ1) is 11.9. The number of hydrogen-bond acceptors (Lipinski definition) is 4. The lowest BCUT2D eigenvalue weighted by Crippen LogP contribution is -1.98. The zero-order chi connectivity index (χ0) is 13.4. The van der Waals surface area contributed by atoms with Gasteiger partial charge in [0, 0.05) is 6.20 Å². The number of aromatic nitrogens is 3. The van der Waals surface area contributed by atoms with Crippen molar-refractivity contribution >= 4 is 17.0 Å². The fraction of sp³-hybridized carbons (Fsp3) is 0.143. The van der Waals surface area contributed by atoms with Crippen LogP contribution in [0.25, 0.3) is 16.4 Å². The van der Waals surface area contributed by atoms with Crippen LogP contribution in [0, 0.1) is 13.8 Å². The summed E-state index contributed by atoms with van der Waals surface area (Å²) < 4.78 is 1.73. The van der Waals surface area contributed by atoms with Crippen LogP contribution in [0.5, 0.6) is 0 Å². The maximum absolute atomic E-state index is 6.07. The molecule has 0 unspecified atom stereocenters. The molecule has 0 bridgehead atoms. The highest BCUT2D eigenvalue weighted by Crippen LogP contribution is 2.32. The molecule has 3 aromatic heterocycles. The predicted octanol–water partition coefficient (Wildman–Crippen LogP) is 3.19. The van der Waals surface area contributed by atoms with E-state index in [1.165, 1.54) is 5.56 Å². The molecule has 3 aromatic rings. The van der Waals surface area contributed by atoms with Crippen LogP contribution in [-0.4, -0.2) is 14.8 Å². The molecule has 0 aliphatic rings. The zero-order valence-electron chi connectivity index (χ0n) is 10.8. The van der Waals surface area contributed by atoms with E-state index >= 15 is 0 Å². The molecule has 0 spiro atoms. The van der Waals surface area contributed by atoms with E-state index in [2.05, 4.69) is 23.1 Å². The van der Waals surface area contributed by atoms with Crippen LogP contribution in [0.15, 0.2) is 36.0 Å². The van der Waals surface area contributed by atoms with Crippen molar-refractivity contribution in [3.63, 3.8) is 0 Å². The minimum Gasteiger partial charge on any atom is -0.396 e. The van der Waals surface area contributed by atoms with Gasteiger partial charge in [-0.3, -0.25) is 0 Å². The van der Waals surface area contributed by atoms with Gasteiger partial charge in [0.05, 0.1) is 16.8 Å². The summed E-state index contributed by atoms with van der Waals surface area (Å²) >= 11 is 1.65. The SMILES string of the molecule is Cc1ccnc(-n2cc(N)c(-c3sccc3C)n2)c1. The number of aryl methyl sites for hydroxylation is 2. The number of thiophene rings is 1. The summed E-state index contributed by atoms with van der Waals surface area (Å²) in [5.41, 5.74) is 9.92. The van der Waals surface area contributed by atoms with Gasteiger partial charge in [0.2, 0.25) is 0 Å². The van der Waals surface area contributed by atoms with Crippen molar-refractivity contribution in [3.8, 4) is 16.4 Å². The molecule has 3 rings (SSSR count). The Kier molecular flexibility index (Phi) is 2.83. The van der Waals surface area contributed by atoms with Crippen LogP contribution in [-0.2, 0) is 0 Å². The van der Waals surface area contributed by atoms with Gasteiger partial charge in [-0.25, -0.2) is 9.67 Å². The molecular formula is C14H14N4S. The third kappa shape index (κ3) is 2.13. The van der Waals surface area contributed by atoms with Gasteiger partial charge < -0.3 is 5.73 Å². The third-order valence-corrected chi connectivity index (χ3v) is 3.98. The molecule has 19 heavy (non-hydrogen) atoms. The molecule has 3 heterocycles. The molecule has 0 saturated carbocycles. The van der Waals surface area contributed by atoms with E-state index in [0.29, 0.717) is 5.69 Å². The fourth-order valence-corrected chi connectivity index (χ4v) is 2.87. The summed E-state index contributed by atoms with van der Waals surface area (Å²) in [7, 11) is 0. The zero-order valence-corrected chi connectivity index (χ0v) is 11.6. The highest BCUT2D eigenvalue weighted by molar-refractivity contribution is 7.13.